The first-order valence-corrected chi connectivity index (χ1v) is 9.53. The second-order valence-electron chi connectivity index (χ2n) is 7.31. The fourth-order valence-electron chi connectivity index (χ4n) is 3.88. The highest BCUT2D eigenvalue weighted by molar-refractivity contribution is 5.77. The molecule has 138 valence electrons. The van der Waals surface area contributed by atoms with E-state index in [1.807, 2.05) is 4.90 Å². The summed E-state index contributed by atoms with van der Waals surface area (Å²) in [7, 11) is 0. The Bertz CT molecular complexity index is 563. The van der Waals surface area contributed by atoms with E-state index in [0.717, 1.165) is 38.2 Å². The van der Waals surface area contributed by atoms with Crippen LogP contribution in [0, 0.1) is 11.7 Å². The minimum absolute atomic E-state index is 0.0960. The minimum atomic E-state index is -0.218. The SMILES string of the molecule is CC1CCCCC1OCC(=O)N1CCCN(c2ccc(F)cc2)CC1. The number of benzene rings is 1. The molecule has 1 aliphatic carbocycles. The topological polar surface area (TPSA) is 32.8 Å². The second-order valence-corrected chi connectivity index (χ2v) is 7.31. The number of amides is 1. The van der Waals surface area contributed by atoms with Crippen LogP contribution in [-0.2, 0) is 9.53 Å². The molecule has 2 unspecified atom stereocenters. The van der Waals surface area contributed by atoms with E-state index in [2.05, 4.69) is 11.8 Å². The summed E-state index contributed by atoms with van der Waals surface area (Å²) < 4.78 is 19.0. The summed E-state index contributed by atoms with van der Waals surface area (Å²) in [6.07, 6.45) is 5.92. The van der Waals surface area contributed by atoms with Crippen molar-refractivity contribution in [3.05, 3.63) is 30.1 Å². The highest BCUT2D eigenvalue weighted by atomic mass is 19.1. The number of carbonyl (C=O) groups excluding carboxylic acids is 1. The van der Waals surface area contributed by atoms with E-state index in [-0.39, 0.29) is 24.4 Å². The van der Waals surface area contributed by atoms with Gasteiger partial charge in [-0.05, 0) is 49.4 Å². The third-order valence-electron chi connectivity index (χ3n) is 5.49. The van der Waals surface area contributed by atoms with E-state index in [4.69, 9.17) is 4.74 Å². The van der Waals surface area contributed by atoms with Crippen LogP contribution in [0.3, 0.4) is 0 Å². The van der Waals surface area contributed by atoms with Crippen molar-refractivity contribution in [1.82, 2.24) is 4.90 Å². The van der Waals surface area contributed by atoms with Gasteiger partial charge in [0.2, 0.25) is 5.91 Å². The van der Waals surface area contributed by atoms with E-state index in [9.17, 15) is 9.18 Å². The van der Waals surface area contributed by atoms with Gasteiger partial charge in [0.25, 0.3) is 0 Å². The molecule has 4 nitrogen and oxygen atoms in total. The standard InChI is InChI=1S/C20H29FN2O2/c1-16-5-2-3-6-19(16)25-15-20(24)23-12-4-11-22(13-14-23)18-9-7-17(21)8-10-18/h7-10,16,19H,2-6,11-15H2,1H3. The summed E-state index contributed by atoms with van der Waals surface area (Å²) in [6, 6.07) is 6.59. The fourth-order valence-corrected chi connectivity index (χ4v) is 3.88. The van der Waals surface area contributed by atoms with Gasteiger partial charge in [0, 0.05) is 31.9 Å². The lowest BCUT2D eigenvalue weighted by molar-refractivity contribution is -0.139. The Labute approximate surface area is 149 Å². The van der Waals surface area contributed by atoms with Gasteiger partial charge in [-0.3, -0.25) is 4.79 Å². The van der Waals surface area contributed by atoms with Gasteiger partial charge < -0.3 is 14.5 Å². The number of anilines is 1. The number of rotatable bonds is 4. The van der Waals surface area contributed by atoms with Gasteiger partial charge >= 0.3 is 0 Å². The zero-order valence-corrected chi connectivity index (χ0v) is 15.1. The average molecular weight is 348 g/mol. The summed E-state index contributed by atoms with van der Waals surface area (Å²) in [4.78, 5) is 16.7. The molecule has 1 aromatic carbocycles. The molecular weight excluding hydrogens is 319 g/mol. The molecule has 1 aliphatic heterocycles. The van der Waals surface area contributed by atoms with Crippen LogP contribution in [0.4, 0.5) is 10.1 Å². The molecule has 0 radical (unpaired) electrons. The van der Waals surface area contributed by atoms with Crippen molar-refractivity contribution < 1.29 is 13.9 Å². The summed E-state index contributed by atoms with van der Waals surface area (Å²) in [6.45, 7) is 5.54. The maximum atomic E-state index is 13.1. The third-order valence-corrected chi connectivity index (χ3v) is 5.49. The number of hydrogen-bond donors (Lipinski definition) is 0. The van der Waals surface area contributed by atoms with Crippen LogP contribution in [0.1, 0.15) is 39.0 Å². The van der Waals surface area contributed by atoms with Gasteiger partial charge in [0.1, 0.15) is 12.4 Å². The largest absolute Gasteiger partial charge is 0.370 e. The number of nitrogens with zero attached hydrogens (tertiary/aromatic N) is 2. The van der Waals surface area contributed by atoms with Crippen molar-refractivity contribution in [3.8, 4) is 0 Å². The molecule has 1 amide bonds. The Hall–Kier alpha value is -1.62. The highest BCUT2D eigenvalue weighted by Gasteiger charge is 2.25. The molecule has 2 aliphatic rings. The summed E-state index contributed by atoms with van der Waals surface area (Å²) >= 11 is 0. The molecule has 2 atom stereocenters. The third kappa shape index (κ3) is 4.94. The van der Waals surface area contributed by atoms with Crippen molar-refractivity contribution >= 4 is 11.6 Å². The van der Waals surface area contributed by atoms with Crippen molar-refractivity contribution in [3.63, 3.8) is 0 Å². The van der Waals surface area contributed by atoms with E-state index in [1.165, 1.54) is 31.4 Å². The monoisotopic (exact) mass is 348 g/mol. The van der Waals surface area contributed by atoms with Crippen molar-refractivity contribution in [1.29, 1.82) is 0 Å². The highest BCUT2D eigenvalue weighted by Crippen LogP contribution is 2.26. The molecule has 1 saturated heterocycles. The van der Waals surface area contributed by atoms with Gasteiger partial charge in [0.15, 0.2) is 0 Å². The number of ether oxygens (including phenoxy) is 1. The Balaban J connectivity index is 1.48. The smallest absolute Gasteiger partial charge is 0.248 e. The molecule has 0 bridgehead atoms. The van der Waals surface area contributed by atoms with Gasteiger partial charge in [-0.1, -0.05) is 19.8 Å². The molecule has 5 heteroatoms. The van der Waals surface area contributed by atoms with E-state index >= 15 is 0 Å². The lowest BCUT2D eigenvalue weighted by Gasteiger charge is -2.29. The van der Waals surface area contributed by atoms with E-state index in [0.29, 0.717) is 12.5 Å². The van der Waals surface area contributed by atoms with Crippen LogP contribution in [-0.4, -0.2) is 49.7 Å². The van der Waals surface area contributed by atoms with Crippen molar-refractivity contribution in [2.75, 3.05) is 37.7 Å². The number of hydrogen-bond acceptors (Lipinski definition) is 3. The van der Waals surface area contributed by atoms with Crippen LogP contribution in [0.2, 0.25) is 0 Å². The summed E-state index contributed by atoms with van der Waals surface area (Å²) in [5.41, 5.74) is 1.02. The summed E-state index contributed by atoms with van der Waals surface area (Å²) in [5, 5.41) is 0. The summed E-state index contributed by atoms with van der Waals surface area (Å²) in [5.74, 6) is 0.433. The van der Waals surface area contributed by atoms with E-state index < -0.39 is 0 Å². The van der Waals surface area contributed by atoms with E-state index in [1.54, 1.807) is 12.1 Å². The zero-order valence-electron chi connectivity index (χ0n) is 15.1. The number of halogens is 1. The van der Waals surface area contributed by atoms with Gasteiger partial charge in [-0.2, -0.15) is 0 Å². The first kappa shape index (κ1) is 18.2. The molecule has 1 saturated carbocycles. The minimum Gasteiger partial charge on any atom is -0.370 e. The van der Waals surface area contributed by atoms with Crippen LogP contribution >= 0.6 is 0 Å². The Morgan fingerprint density at radius 1 is 1.08 bits per heavy atom. The normalized spacial score (nSPS) is 24.9. The number of carbonyl (C=O) groups is 1. The quantitative estimate of drug-likeness (QED) is 0.835. The molecule has 0 aromatic heterocycles. The molecule has 0 N–H and O–H groups in total. The molecule has 1 heterocycles. The van der Waals surface area contributed by atoms with Crippen molar-refractivity contribution in [2.45, 2.75) is 45.1 Å². The van der Waals surface area contributed by atoms with Gasteiger partial charge in [0.05, 0.1) is 6.10 Å². The molecule has 25 heavy (non-hydrogen) atoms. The van der Waals surface area contributed by atoms with Crippen LogP contribution in [0.15, 0.2) is 24.3 Å². The molecule has 1 aromatic rings. The van der Waals surface area contributed by atoms with Crippen LogP contribution < -0.4 is 4.90 Å². The van der Waals surface area contributed by atoms with Crippen LogP contribution in [0.25, 0.3) is 0 Å². The molecule has 2 fully saturated rings. The zero-order chi connectivity index (χ0) is 17.6. The van der Waals surface area contributed by atoms with Gasteiger partial charge in [-0.25, -0.2) is 4.39 Å². The maximum Gasteiger partial charge on any atom is 0.248 e. The second kappa shape index (κ2) is 8.65. The first-order chi connectivity index (χ1) is 12.1. The fraction of sp³-hybridized carbons (Fsp3) is 0.650. The predicted octanol–water partition coefficient (Wildman–Crippen LogP) is 3.46. The van der Waals surface area contributed by atoms with Crippen molar-refractivity contribution in [2.24, 2.45) is 5.92 Å². The first-order valence-electron chi connectivity index (χ1n) is 9.53. The lowest BCUT2D eigenvalue weighted by atomic mass is 9.88. The van der Waals surface area contributed by atoms with Crippen LogP contribution in [0.5, 0.6) is 0 Å². The molecule has 3 rings (SSSR count). The molecular formula is C20H29FN2O2. The maximum absolute atomic E-state index is 13.1. The lowest BCUT2D eigenvalue weighted by Crippen LogP contribution is -2.39. The Kier molecular flexibility index (Phi) is 6.29. The molecule has 0 spiro atoms. The predicted molar refractivity (Wildman–Crippen MR) is 97.2 cm³/mol. The Morgan fingerprint density at radius 2 is 1.84 bits per heavy atom. The Morgan fingerprint density at radius 3 is 2.60 bits per heavy atom. The van der Waals surface area contributed by atoms with Gasteiger partial charge in [-0.15, -0.1) is 0 Å². The average Bonchev–Trinajstić information content (AvgIpc) is 2.88.